The third-order valence-electron chi connectivity index (χ3n) is 4.09. The maximum absolute atomic E-state index is 4.28. The number of anilines is 1. The van der Waals surface area contributed by atoms with Gasteiger partial charge in [-0.15, -0.1) is 0 Å². The highest BCUT2D eigenvalue weighted by Crippen LogP contribution is 2.12. The van der Waals surface area contributed by atoms with Crippen LogP contribution in [0.15, 0.2) is 47.7 Å². The Hall–Kier alpha value is -2.50. The summed E-state index contributed by atoms with van der Waals surface area (Å²) in [6.45, 7) is 5.98. The number of guanidine groups is 1. The van der Waals surface area contributed by atoms with Crippen LogP contribution < -0.4 is 15.5 Å². The molecule has 25 heavy (non-hydrogen) atoms. The number of benzene rings is 1. The van der Waals surface area contributed by atoms with Crippen LogP contribution in [0.4, 0.5) is 5.69 Å². The Morgan fingerprint density at radius 2 is 1.96 bits per heavy atom. The van der Waals surface area contributed by atoms with Crippen LogP contribution in [0.1, 0.15) is 18.9 Å². The van der Waals surface area contributed by atoms with E-state index in [0.717, 1.165) is 45.0 Å². The number of aromatic nitrogens is 2. The molecule has 0 saturated heterocycles. The summed E-state index contributed by atoms with van der Waals surface area (Å²) in [6.07, 6.45) is 5.94. The first kappa shape index (κ1) is 18.8. The molecule has 0 saturated carbocycles. The van der Waals surface area contributed by atoms with Crippen LogP contribution >= 0.6 is 0 Å². The number of nitrogens with zero attached hydrogens (tertiary/aromatic N) is 4. The number of nitrogens with one attached hydrogen (secondary N) is 2. The van der Waals surface area contributed by atoms with Crippen molar-refractivity contribution >= 4 is 11.6 Å². The molecule has 2 N–H and O–H groups in total. The third kappa shape index (κ3) is 6.49. The molecule has 0 aliphatic carbocycles. The fourth-order valence-corrected chi connectivity index (χ4v) is 2.73. The zero-order chi connectivity index (χ0) is 17.9. The summed E-state index contributed by atoms with van der Waals surface area (Å²) in [5.74, 6) is 0.853. The molecular formula is C19H30N6. The van der Waals surface area contributed by atoms with E-state index in [-0.39, 0.29) is 0 Å². The summed E-state index contributed by atoms with van der Waals surface area (Å²) < 4.78 is 1.83. The molecule has 0 amide bonds. The quantitative estimate of drug-likeness (QED) is 0.416. The first-order valence-electron chi connectivity index (χ1n) is 8.95. The molecule has 0 fully saturated rings. The number of aliphatic imine (C=N–C) groups is 1. The molecule has 0 radical (unpaired) electrons. The fraction of sp³-hybridized carbons (Fsp3) is 0.474. The zero-order valence-corrected chi connectivity index (χ0v) is 15.6. The average molecular weight is 342 g/mol. The standard InChI is InChI=1S/C19H30N6/c1-4-25(18-9-6-5-7-10-18)14-8-12-21-19(20-2)22-13-11-17-15-23-24(3)16-17/h5-7,9-10,15-16H,4,8,11-14H2,1-3H3,(H2,20,21,22). The minimum atomic E-state index is 0.844. The molecule has 0 bridgehead atoms. The van der Waals surface area contributed by atoms with Crippen molar-refractivity contribution in [2.75, 3.05) is 38.1 Å². The molecule has 6 heteroatoms. The van der Waals surface area contributed by atoms with Crippen molar-refractivity contribution < 1.29 is 0 Å². The van der Waals surface area contributed by atoms with E-state index in [1.165, 1.54) is 11.3 Å². The summed E-state index contributed by atoms with van der Waals surface area (Å²) in [4.78, 5) is 6.67. The lowest BCUT2D eigenvalue weighted by Crippen LogP contribution is -2.39. The van der Waals surface area contributed by atoms with Gasteiger partial charge in [0.05, 0.1) is 6.20 Å². The van der Waals surface area contributed by atoms with Crippen LogP contribution in [0.3, 0.4) is 0 Å². The predicted octanol–water partition coefficient (Wildman–Crippen LogP) is 2.04. The van der Waals surface area contributed by atoms with Gasteiger partial charge in [0.15, 0.2) is 5.96 Å². The highest BCUT2D eigenvalue weighted by atomic mass is 15.2. The maximum Gasteiger partial charge on any atom is 0.190 e. The second kappa shape index (κ2) is 10.4. The van der Waals surface area contributed by atoms with Gasteiger partial charge in [0.2, 0.25) is 0 Å². The van der Waals surface area contributed by atoms with Gasteiger partial charge < -0.3 is 15.5 Å². The smallest absolute Gasteiger partial charge is 0.190 e. The summed E-state index contributed by atoms with van der Waals surface area (Å²) in [5, 5.41) is 10.9. The Balaban J connectivity index is 1.65. The van der Waals surface area contributed by atoms with Crippen LogP contribution in [0.25, 0.3) is 0 Å². The van der Waals surface area contributed by atoms with Gasteiger partial charge in [0, 0.05) is 52.2 Å². The third-order valence-corrected chi connectivity index (χ3v) is 4.09. The monoisotopic (exact) mass is 342 g/mol. The summed E-state index contributed by atoms with van der Waals surface area (Å²) in [5.41, 5.74) is 2.51. The largest absolute Gasteiger partial charge is 0.372 e. The Morgan fingerprint density at radius 3 is 2.60 bits per heavy atom. The van der Waals surface area contributed by atoms with Crippen LogP contribution in [0.2, 0.25) is 0 Å². The van der Waals surface area contributed by atoms with Gasteiger partial charge >= 0.3 is 0 Å². The van der Waals surface area contributed by atoms with E-state index in [9.17, 15) is 0 Å². The van der Waals surface area contributed by atoms with Gasteiger partial charge in [0.1, 0.15) is 0 Å². The molecule has 0 aliphatic heterocycles. The topological polar surface area (TPSA) is 57.5 Å². The highest BCUT2D eigenvalue weighted by Gasteiger charge is 2.04. The molecule has 1 aromatic heterocycles. The molecule has 6 nitrogen and oxygen atoms in total. The first-order valence-corrected chi connectivity index (χ1v) is 8.95. The van der Waals surface area contributed by atoms with Gasteiger partial charge in [-0.2, -0.15) is 5.10 Å². The molecular weight excluding hydrogens is 312 g/mol. The van der Waals surface area contributed by atoms with E-state index in [1.54, 1.807) is 0 Å². The highest BCUT2D eigenvalue weighted by molar-refractivity contribution is 5.79. The van der Waals surface area contributed by atoms with Gasteiger partial charge in [-0.05, 0) is 37.5 Å². The van der Waals surface area contributed by atoms with Crippen molar-refractivity contribution in [1.82, 2.24) is 20.4 Å². The maximum atomic E-state index is 4.28. The number of para-hydroxylation sites is 1. The van der Waals surface area contributed by atoms with E-state index in [0.29, 0.717) is 0 Å². The van der Waals surface area contributed by atoms with Crippen LogP contribution in [-0.4, -0.2) is 49.0 Å². The molecule has 1 heterocycles. The van der Waals surface area contributed by atoms with Crippen LogP contribution in [0.5, 0.6) is 0 Å². The van der Waals surface area contributed by atoms with Gasteiger partial charge in [-0.1, -0.05) is 18.2 Å². The fourth-order valence-electron chi connectivity index (χ4n) is 2.73. The molecule has 0 aliphatic rings. The van der Waals surface area contributed by atoms with E-state index in [2.05, 4.69) is 62.9 Å². The van der Waals surface area contributed by atoms with Crippen molar-refractivity contribution in [2.45, 2.75) is 19.8 Å². The van der Waals surface area contributed by atoms with Crippen molar-refractivity contribution in [2.24, 2.45) is 12.0 Å². The second-order valence-electron chi connectivity index (χ2n) is 5.97. The SMILES string of the molecule is CCN(CCCNC(=NC)NCCc1cnn(C)c1)c1ccccc1. The Kier molecular flexibility index (Phi) is 7.82. The summed E-state index contributed by atoms with van der Waals surface area (Å²) in [6, 6.07) is 10.6. The van der Waals surface area contributed by atoms with Crippen LogP contribution in [-0.2, 0) is 13.5 Å². The van der Waals surface area contributed by atoms with E-state index in [1.807, 2.05) is 31.2 Å². The van der Waals surface area contributed by atoms with Gasteiger partial charge in [0.25, 0.3) is 0 Å². The van der Waals surface area contributed by atoms with Gasteiger partial charge in [-0.3, -0.25) is 9.67 Å². The molecule has 136 valence electrons. The van der Waals surface area contributed by atoms with Crippen molar-refractivity contribution in [1.29, 1.82) is 0 Å². The normalized spacial score (nSPS) is 11.4. The minimum Gasteiger partial charge on any atom is -0.372 e. The molecule has 0 atom stereocenters. The Morgan fingerprint density at radius 1 is 1.20 bits per heavy atom. The lowest BCUT2D eigenvalue weighted by atomic mass is 10.2. The number of hydrogen-bond acceptors (Lipinski definition) is 3. The van der Waals surface area contributed by atoms with Gasteiger partial charge in [-0.25, -0.2) is 0 Å². The molecule has 1 aromatic carbocycles. The zero-order valence-electron chi connectivity index (χ0n) is 15.6. The second-order valence-corrected chi connectivity index (χ2v) is 5.97. The lowest BCUT2D eigenvalue weighted by molar-refractivity contribution is 0.707. The van der Waals surface area contributed by atoms with Crippen molar-refractivity contribution in [3.05, 3.63) is 48.3 Å². The van der Waals surface area contributed by atoms with E-state index < -0.39 is 0 Å². The molecule has 0 unspecified atom stereocenters. The van der Waals surface area contributed by atoms with Crippen LogP contribution in [0, 0.1) is 0 Å². The number of rotatable bonds is 9. The number of hydrogen-bond donors (Lipinski definition) is 2. The molecule has 2 rings (SSSR count). The van der Waals surface area contributed by atoms with E-state index >= 15 is 0 Å². The Labute approximate surface area is 151 Å². The number of aryl methyl sites for hydroxylation is 1. The lowest BCUT2D eigenvalue weighted by Gasteiger charge is -2.23. The van der Waals surface area contributed by atoms with E-state index in [4.69, 9.17) is 0 Å². The predicted molar refractivity (Wildman–Crippen MR) is 105 cm³/mol. The first-order chi connectivity index (χ1) is 12.2. The molecule has 2 aromatic rings. The summed E-state index contributed by atoms with van der Waals surface area (Å²) >= 11 is 0. The Bertz CT molecular complexity index is 634. The van der Waals surface area contributed by atoms with Crippen molar-refractivity contribution in [3.8, 4) is 0 Å². The molecule has 0 spiro atoms. The van der Waals surface area contributed by atoms with Crippen molar-refractivity contribution in [3.63, 3.8) is 0 Å². The average Bonchev–Trinajstić information content (AvgIpc) is 3.06. The minimum absolute atomic E-state index is 0.844. The summed E-state index contributed by atoms with van der Waals surface area (Å²) in [7, 11) is 3.74.